The van der Waals surface area contributed by atoms with Crippen molar-refractivity contribution in [3.05, 3.63) is 11.7 Å². The molecule has 1 heterocycles. The summed E-state index contributed by atoms with van der Waals surface area (Å²) in [5, 5.41) is 11.4. The Morgan fingerprint density at radius 2 is 1.82 bits per heavy atom. The van der Waals surface area contributed by atoms with Gasteiger partial charge in [-0.15, -0.1) is 0 Å². The van der Waals surface area contributed by atoms with Crippen LogP contribution in [-0.4, -0.2) is 36.4 Å². The van der Waals surface area contributed by atoms with Gasteiger partial charge >= 0.3 is 7.12 Å². The molecule has 0 spiro atoms. The monoisotopic (exact) mass is 302 g/mol. The third kappa shape index (κ3) is 3.33. The van der Waals surface area contributed by atoms with Gasteiger partial charge in [0.1, 0.15) is 0 Å². The summed E-state index contributed by atoms with van der Waals surface area (Å²) < 4.78 is 11.7. The summed E-state index contributed by atoms with van der Waals surface area (Å²) in [6, 6.07) is 0. The van der Waals surface area contributed by atoms with Gasteiger partial charge in [0.15, 0.2) is 0 Å². The van der Waals surface area contributed by atoms with Crippen molar-refractivity contribution in [2.45, 2.75) is 38.9 Å². The van der Waals surface area contributed by atoms with Crippen LogP contribution in [0.15, 0.2) is 11.7 Å². The van der Waals surface area contributed by atoms with Gasteiger partial charge in [0.05, 0.1) is 11.2 Å². The number of hydrogen-bond acceptors (Lipinski definition) is 4. The zero-order valence-electron chi connectivity index (χ0n) is 10.8. The van der Waals surface area contributed by atoms with Gasteiger partial charge in [0.25, 0.3) is 0 Å². The SMILES string of the molecule is CC1(C)OB(/C(C=N)=C/NCCBr)OC1(C)C. The summed E-state index contributed by atoms with van der Waals surface area (Å²) in [4.78, 5) is 0. The van der Waals surface area contributed by atoms with Crippen LogP contribution >= 0.6 is 15.9 Å². The molecule has 0 aromatic carbocycles. The molecule has 1 aliphatic heterocycles. The molecule has 1 fully saturated rings. The molecule has 0 atom stereocenters. The third-order valence-corrected chi connectivity index (χ3v) is 3.60. The van der Waals surface area contributed by atoms with Crippen molar-refractivity contribution in [3.8, 4) is 0 Å². The molecule has 4 nitrogen and oxygen atoms in total. The highest BCUT2D eigenvalue weighted by molar-refractivity contribution is 9.09. The maximum atomic E-state index is 7.41. The first-order valence-electron chi connectivity index (χ1n) is 5.69. The van der Waals surface area contributed by atoms with Crippen LogP contribution in [0.25, 0.3) is 0 Å². The maximum Gasteiger partial charge on any atom is 0.497 e. The summed E-state index contributed by atoms with van der Waals surface area (Å²) in [5.74, 6) is 0. The predicted octanol–water partition coefficient (Wildman–Crippen LogP) is 2.14. The third-order valence-electron chi connectivity index (χ3n) is 3.20. The Balaban J connectivity index is 2.74. The van der Waals surface area contributed by atoms with E-state index in [1.54, 1.807) is 6.20 Å². The molecule has 6 heteroatoms. The Hall–Kier alpha value is -0.325. The normalized spacial score (nSPS) is 22.6. The molecular weight excluding hydrogens is 283 g/mol. The van der Waals surface area contributed by atoms with E-state index in [0.717, 1.165) is 11.9 Å². The minimum absolute atomic E-state index is 0.366. The van der Waals surface area contributed by atoms with E-state index in [-0.39, 0.29) is 11.2 Å². The lowest BCUT2D eigenvalue weighted by Gasteiger charge is -2.32. The molecule has 0 aliphatic carbocycles. The largest absolute Gasteiger partial charge is 0.497 e. The Labute approximate surface area is 112 Å². The second-order valence-electron chi connectivity index (χ2n) is 5.02. The molecule has 1 aliphatic rings. The quantitative estimate of drug-likeness (QED) is 0.354. The lowest BCUT2D eigenvalue weighted by atomic mass is 9.79. The van der Waals surface area contributed by atoms with Gasteiger partial charge in [0, 0.05) is 23.6 Å². The van der Waals surface area contributed by atoms with E-state index in [9.17, 15) is 0 Å². The second-order valence-corrected chi connectivity index (χ2v) is 5.81. The van der Waals surface area contributed by atoms with E-state index in [1.165, 1.54) is 6.21 Å². The smallest absolute Gasteiger partial charge is 0.399 e. The van der Waals surface area contributed by atoms with Gasteiger partial charge in [-0.1, -0.05) is 15.9 Å². The molecular formula is C11H20BBrN2O2. The number of hydrogen-bond donors (Lipinski definition) is 2. The van der Waals surface area contributed by atoms with E-state index in [0.29, 0.717) is 5.47 Å². The van der Waals surface area contributed by atoms with Crippen LogP contribution in [-0.2, 0) is 9.31 Å². The fourth-order valence-electron chi connectivity index (χ4n) is 1.40. The van der Waals surface area contributed by atoms with Crippen LogP contribution in [0.5, 0.6) is 0 Å². The van der Waals surface area contributed by atoms with Gasteiger partial charge < -0.3 is 20.0 Å². The number of halogens is 1. The highest BCUT2D eigenvalue weighted by atomic mass is 79.9. The Bertz CT molecular complexity index is 303. The molecule has 0 aromatic rings. The molecule has 2 N–H and O–H groups in total. The minimum atomic E-state index is -0.472. The van der Waals surface area contributed by atoms with Crippen LogP contribution < -0.4 is 5.32 Å². The topological polar surface area (TPSA) is 54.3 Å². The van der Waals surface area contributed by atoms with E-state index in [1.807, 2.05) is 27.7 Å². The lowest BCUT2D eigenvalue weighted by molar-refractivity contribution is 0.00578. The standard InChI is InChI=1S/C11H20BBrN2O2/c1-10(2)11(3,4)17-12(16-10)9(7-14)8-15-6-5-13/h7-8,14-15H,5-6H2,1-4H3/b9-8+,14-7?. The van der Waals surface area contributed by atoms with E-state index in [4.69, 9.17) is 14.7 Å². The molecule has 0 saturated carbocycles. The first-order valence-corrected chi connectivity index (χ1v) is 6.82. The van der Waals surface area contributed by atoms with Crippen LogP contribution in [0.1, 0.15) is 27.7 Å². The van der Waals surface area contributed by atoms with E-state index < -0.39 is 7.12 Å². The molecule has 96 valence electrons. The summed E-state index contributed by atoms with van der Waals surface area (Å²) in [6.45, 7) is 8.80. The molecule has 0 bridgehead atoms. The van der Waals surface area contributed by atoms with Crippen LogP contribution in [0.4, 0.5) is 0 Å². The average molecular weight is 303 g/mol. The van der Waals surface area contributed by atoms with Crippen molar-refractivity contribution in [3.63, 3.8) is 0 Å². The zero-order chi connectivity index (χ0) is 13.1. The highest BCUT2D eigenvalue weighted by Gasteiger charge is 2.52. The molecule has 1 saturated heterocycles. The lowest BCUT2D eigenvalue weighted by Crippen LogP contribution is -2.41. The van der Waals surface area contributed by atoms with Crippen molar-refractivity contribution in [1.29, 1.82) is 5.41 Å². The Morgan fingerprint density at radius 3 is 2.24 bits per heavy atom. The molecule has 0 unspecified atom stereocenters. The Kier molecular flexibility index (Phi) is 4.81. The fourth-order valence-corrected chi connectivity index (χ4v) is 1.63. The number of nitrogens with one attached hydrogen (secondary N) is 2. The minimum Gasteiger partial charge on any atom is -0.399 e. The van der Waals surface area contributed by atoms with Crippen molar-refractivity contribution in [2.75, 3.05) is 11.9 Å². The summed E-state index contributed by atoms with van der Waals surface area (Å²) in [5.41, 5.74) is -0.0331. The van der Waals surface area contributed by atoms with Gasteiger partial charge in [-0.05, 0) is 33.9 Å². The highest BCUT2D eigenvalue weighted by Crippen LogP contribution is 2.38. The van der Waals surface area contributed by atoms with Gasteiger partial charge in [-0.2, -0.15) is 0 Å². The first kappa shape index (κ1) is 14.7. The van der Waals surface area contributed by atoms with Crippen molar-refractivity contribution in [1.82, 2.24) is 5.32 Å². The van der Waals surface area contributed by atoms with Crippen LogP contribution in [0, 0.1) is 5.41 Å². The molecule has 0 amide bonds. The number of alkyl halides is 1. The van der Waals surface area contributed by atoms with Crippen molar-refractivity contribution >= 4 is 29.3 Å². The number of rotatable bonds is 5. The summed E-state index contributed by atoms with van der Waals surface area (Å²) >= 11 is 3.33. The molecule has 0 aromatic heterocycles. The first-order chi connectivity index (χ1) is 7.84. The Morgan fingerprint density at radius 1 is 1.29 bits per heavy atom. The van der Waals surface area contributed by atoms with Gasteiger partial charge in [-0.25, -0.2) is 0 Å². The zero-order valence-corrected chi connectivity index (χ0v) is 12.4. The fraction of sp³-hybridized carbons (Fsp3) is 0.727. The second kappa shape index (κ2) is 5.54. The van der Waals surface area contributed by atoms with Crippen LogP contribution in [0.3, 0.4) is 0 Å². The summed E-state index contributed by atoms with van der Waals surface area (Å²) in [7, 11) is -0.472. The average Bonchev–Trinajstić information content (AvgIpc) is 2.43. The molecule has 1 rings (SSSR count). The van der Waals surface area contributed by atoms with Crippen molar-refractivity contribution < 1.29 is 9.31 Å². The maximum absolute atomic E-state index is 7.41. The summed E-state index contributed by atoms with van der Waals surface area (Å²) in [6.07, 6.45) is 3.04. The predicted molar refractivity (Wildman–Crippen MR) is 74.7 cm³/mol. The van der Waals surface area contributed by atoms with Gasteiger partial charge in [0.2, 0.25) is 0 Å². The molecule has 0 radical (unpaired) electrons. The van der Waals surface area contributed by atoms with E-state index in [2.05, 4.69) is 21.2 Å². The molecule has 17 heavy (non-hydrogen) atoms. The van der Waals surface area contributed by atoms with Crippen molar-refractivity contribution in [2.24, 2.45) is 0 Å². The van der Waals surface area contributed by atoms with E-state index >= 15 is 0 Å². The number of allylic oxidation sites excluding steroid dienone is 1. The van der Waals surface area contributed by atoms with Gasteiger partial charge in [-0.3, -0.25) is 0 Å². The van der Waals surface area contributed by atoms with Crippen LogP contribution in [0.2, 0.25) is 0 Å².